The van der Waals surface area contributed by atoms with Crippen molar-refractivity contribution < 1.29 is 37.5 Å². The summed E-state index contributed by atoms with van der Waals surface area (Å²) in [5.41, 5.74) is 4.61. The zero-order valence-corrected chi connectivity index (χ0v) is 18.9. The van der Waals surface area contributed by atoms with E-state index in [4.69, 9.17) is 19.5 Å². The number of hydrogen-bond acceptors (Lipinski definition) is 10. The lowest BCUT2D eigenvalue weighted by atomic mass is 10.1. The van der Waals surface area contributed by atoms with Gasteiger partial charge in [-0.1, -0.05) is 0 Å². The topological polar surface area (TPSA) is 166 Å². The first-order chi connectivity index (χ1) is 14.5. The predicted octanol–water partition coefficient (Wildman–Crippen LogP) is 1.10. The number of aliphatic hydroxyl groups is 1. The summed E-state index contributed by atoms with van der Waals surface area (Å²) in [5, 5.41) is 8.01. The average Bonchev–Trinajstić information content (AvgIpc) is 2.95. The number of nitrogens with zero attached hydrogens (tertiary/aromatic N) is 3. The van der Waals surface area contributed by atoms with Crippen molar-refractivity contribution in [3.63, 3.8) is 0 Å². The Morgan fingerprint density at radius 2 is 2.13 bits per heavy atom. The Balaban J connectivity index is 1.94. The third kappa shape index (κ3) is 6.64. The van der Waals surface area contributed by atoms with Crippen LogP contribution in [0.15, 0.2) is 17.1 Å². The second-order valence-electron chi connectivity index (χ2n) is 6.54. The van der Waals surface area contributed by atoms with Gasteiger partial charge in [0.05, 0.1) is 11.9 Å². The number of carbonyl (C=O) groups excluding carboxylic acids is 1. The van der Waals surface area contributed by atoms with Crippen LogP contribution in [0.4, 0.5) is 15.0 Å². The summed E-state index contributed by atoms with van der Waals surface area (Å²) >= 11 is 0.832. The monoisotopic (exact) mass is 484 g/mol. The van der Waals surface area contributed by atoms with Crippen molar-refractivity contribution in [2.75, 3.05) is 25.4 Å². The number of carbonyl (C=O) groups is 1. The number of hydrogen-bond donors (Lipinski definition) is 3. The predicted molar refractivity (Wildman–Crippen MR) is 110 cm³/mol. The minimum Gasteiger partial charge on any atom is -0.419 e. The first kappa shape index (κ1) is 25.6. The van der Waals surface area contributed by atoms with E-state index in [1.165, 1.54) is 24.1 Å². The van der Waals surface area contributed by atoms with E-state index in [9.17, 15) is 28.5 Å². The third-order valence-corrected chi connectivity index (χ3v) is 6.96. The van der Waals surface area contributed by atoms with Gasteiger partial charge in [0.25, 0.3) is 0 Å². The Hall–Kier alpha value is -1.70. The summed E-state index contributed by atoms with van der Waals surface area (Å²) in [6, 6.07) is 1.31. The fourth-order valence-electron chi connectivity index (χ4n) is 2.79. The number of phosphoric acid groups is 1. The number of amides is 1. The van der Waals surface area contributed by atoms with Gasteiger partial charge in [-0.15, -0.1) is 11.8 Å². The molecular weight excluding hydrogens is 458 g/mol. The van der Waals surface area contributed by atoms with Crippen LogP contribution in [0.3, 0.4) is 0 Å². The van der Waals surface area contributed by atoms with Gasteiger partial charge >= 0.3 is 19.6 Å². The summed E-state index contributed by atoms with van der Waals surface area (Å²) in [7, 11) is -4.70. The minimum atomic E-state index is -4.70. The number of nitrogen functional groups attached to an aromatic ring is 1. The molecule has 1 aromatic heterocycles. The van der Waals surface area contributed by atoms with Crippen LogP contribution < -0.4 is 11.4 Å². The zero-order valence-electron chi connectivity index (χ0n) is 17.2. The molecule has 31 heavy (non-hydrogen) atoms. The first-order valence-corrected chi connectivity index (χ1v) is 11.9. The summed E-state index contributed by atoms with van der Waals surface area (Å²) in [4.78, 5) is 38.5. The lowest BCUT2D eigenvalue weighted by molar-refractivity contribution is -0.0516. The molecule has 176 valence electrons. The maximum atomic E-state index is 14.5. The molecule has 2 rings (SSSR count). The fourth-order valence-corrected chi connectivity index (χ4v) is 5.14. The van der Waals surface area contributed by atoms with Crippen molar-refractivity contribution in [3.05, 3.63) is 22.7 Å². The maximum Gasteiger partial charge on any atom is 0.475 e. The number of aromatic nitrogens is 2. The van der Waals surface area contributed by atoms with Crippen LogP contribution in [0.25, 0.3) is 0 Å². The van der Waals surface area contributed by atoms with Gasteiger partial charge in [0, 0.05) is 19.3 Å². The van der Waals surface area contributed by atoms with E-state index in [2.05, 4.69) is 4.98 Å². The smallest absolute Gasteiger partial charge is 0.419 e. The number of aliphatic hydroxyl groups excluding tert-OH is 1. The van der Waals surface area contributed by atoms with Crippen molar-refractivity contribution in [3.8, 4) is 0 Å². The molecule has 2 unspecified atom stereocenters. The van der Waals surface area contributed by atoms with Gasteiger partial charge in [-0.2, -0.15) is 4.98 Å². The number of rotatable bonds is 9. The van der Waals surface area contributed by atoms with E-state index in [0.29, 0.717) is 13.1 Å². The van der Waals surface area contributed by atoms with E-state index < -0.39 is 55.4 Å². The minimum absolute atomic E-state index is 0.0331. The second-order valence-corrected chi connectivity index (χ2v) is 9.30. The van der Waals surface area contributed by atoms with Crippen LogP contribution in [0.2, 0.25) is 0 Å². The highest BCUT2D eigenvalue weighted by Gasteiger charge is 2.46. The van der Waals surface area contributed by atoms with Gasteiger partial charge in [-0.05, 0) is 26.8 Å². The molecule has 1 aliphatic heterocycles. The molecule has 1 amide bonds. The summed E-state index contributed by atoms with van der Waals surface area (Å²) in [6.07, 6.45) is -4.33. The van der Waals surface area contributed by atoms with Crippen molar-refractivity contribution in [1.29, 1.82) is 0 Å². The maximum absolute atomic E-state index is 14.5. The lowest BCUT2D eigenvalue weighted by Crippen LogP contribution is -2.34. The van der Waals surface area contributed by atoms with E-state index in [1.807, 2.05) is 0 Å². The van der Waals surface area contributed by atoms with Crippen LogP contribution in [-0.2, 0) is 18.3 Å². The number of alkyl halides is 1. The molecule has 1 aromatic rings. The quantitative estimate of drug-likeness (QED) is 0.339. The Bertz CT molecular complexity index is 872. The number of halogens is 1. The van der Waals surface area contributed by atoms with Crippen molar-refractivity contribution in [2.45, 2.75) is 50.0 Å². The van der Waals surface area contributed by atoms with Crippen molar-refractivity contribution in [2.24, 2.45) is 0 Å². The van der Waals surface area contributed by atoms with E-state index >= 15 is 0 Å². The average molecular weight is 484 g/mol. The van der Waals surface area contributed by atoms with Crippen LogP contribution in [-0.4, -0.2) is 74.1 Å². The van der Waals surface area contributed by atoms with Gasteiger partial charge in [-0.3, -0.25) is 9.09 Å². The zero-order chi connectivity index (χ0) is 23.3. The Labute approximate surface area is 182 Å². The molecule has 15 heteroatoms. The van der Waals surface area contributed by atoms with E-state index in [1.54, 1.807) is 13.8 Å². The van der Waals surface area contributed by atoms with Crippen LogP contribution in [0, 0.1) is 0 Å². The Kier molecular flexibility index (Phi) is 8.86. The van der Waals surface area contributed by atoms with Crippen LogP contribution in [0.5, 0.6) is 0 Å². The SMILES string of the molecule is CCN(CC)C(=O)OC(C)OP(=O)(O)OC[C@H]1S[C@@H](n2ccc(N)nc2=O)[C@@H](F)[C@@H]1O. The lowest BCUT2D eigenvalue weighted by Gasteiger charge is -2.23. The van der Waals surface area contributed by atoms with E-state index in [-0.39, 0.29) is 5.82 Å². The molecule has 4 N–H and O–H groups in total. The molecular formula is C16H26FN4O8PS. The molecule has 2 heterocycles. The molecule has 0 saturated carbocycles. The summed E-state index contributed by atoms with van der Waals surface area (Å²) in [5.74, 6) is -0.0331. The molecule has 1 aliphatic rings. The van der Waals surface area contributed by atoms with Gasteiger partial charge < -0.3 is 25.4 Å². The number of thioether (sulfide) groups is 1. The normalized spacial score (nSPS) is 26.3. The van der Waals surface area contributed by atoms with Gasteiger partial charge in [0.1, 0.15) is 17.3 Å². The fraction of sp³-hybridized carbons (Fsp3) is 0.688. The van der Waals surface area contributed by atoms with Gasteiger partial charge in [0.15, 0.2) is 6.17 Å². The van der Waals surface area contributed by atoms with Gasteiger partial charge in [0.2, 0.25) is 6.29 Å². The molecule has 6 atom stereocenters. The molecule has 0 spiro atoms. The number of anilines is 1. The number of phosphoric ester groups is 1. The molecule has 0 radical (unpaired) electrons. The molecule has 0 bridgehead atoms. The van der Waals surface area contributed by atoms with Crippen molar-refractivity contribution >= 4 is 31.5 Å². The largest absolute Gasteiger partial charge is 0.475 e. The van der Waals surface area contributed by atoms with E-state index in [0.717, 1.165) is 16.3 Å². The molecule has 1 fully saturated rings. The Morgan fingerprint density at radius 3 is 2.71 bits per heavy atom. The molecule has 0 aliphatic carbocycles. The van der Waals surface area contributed by atoms with Gasteiger partial charge in [-0.25, -0.2) is 23.1 Å². The molecule has 0 aromatic carbocycles. The molecule has 12 nitrogen and oxygen atoms in total. The highest BCUT2D eigenvalue weighted by molar-refractivity contribution is 8.00. The Morgan fingerprint density at radius 1 is 1.48 bits per heavy atom. The van der Waals surface area contributed by atoms with Crippen LogP contribution >= 0.6 is 19.6 Å². The van der Waals surface area contributed by atoms with Crippen molar-refractivity contribution in [1.82, 2.24) is 14.5 Å². The second kappa shape index (κ2) is 10.7. The summed E-state index contributed by atoms with van der Waals surface area (Å²) < 4.78 is 42.2. The molecule has 1 saturated heterocycles. The van der Waals surface area contributed by atoms with Crippen LogP contribution in [0.1, 0.15) is 26.1 Å². The highest BCUT2D eigenvalue weighted by Crippen LogP contribution is 2.48. The highest BCUT2D eigenvalue weighted by atomic mass is 32.2. The first-order valence-electron chi connectivity index (χ1n) is 9.42. The summed E-state index contributed by atoms with van der Waals surface area (Å²) in [6.45, 7) is 4.90. The third-order valence-electron chi connectivity index (χ3n) is 4.39. The standard InChI is InChI=1S/C16H26FN4O8PS/c1-4-20(5-2)16(24)28-9(3)29-30(25,26)27-8-10-13(22)12(17)14(31-10)21-7-6-11(18)19-15(21)23/h6-7,9-10,12-14,22H,4-5,8H2,1-3H3,(H,25,26)(H2,18,19,23)/t9?,10-,12+,13-,14-/m1/s1. The number of ether oxygens (including phenoxy) is 1. The number of nitrogens with two attached hydrogens (primary N) is 1.